The Morgan fingerprint density at radius 3 is 2.62 bits per heavy atom. The Morgan fingerprint density at radius 2 is 2.00 bits per heavy atom. The highest BCUT2D eigenvalue weighted by Gasteiger charge is 2.07. The lowest BCUT2D eigenvalue weighted by atomic mass is 10.1. The van der Waals surface area contributed by atoms with E-state index < -0.39 is 0 Å². The molecule has 0 aliphatic carbocycles. The number of rotatable bonds is 8. The van der Waals surface area contributed by atoms with Gasteiger partial charge in [-0.05, 0) is 37.5 Å². The van der Waals surface area contributed by atoms with Crippen molar-refractivity contribution in [2.45, 2.75) is 47.1 Å². The van der Waals surface area contributed by atoms with Crippen molar-refractivity contribution in [3.63, 3.8) is 0 Å². The van der Waals surface area contributed by atoms with E-state index in [1.807, 2.05) is 45.0 Å². The third kappa shape index (κ3) is 9.12. The number of anilines is 1. The van der Waals surface area contributed by atoms with Crippen molar-refractivity contribution in [2.24, 2.45) is 10.9 Å². The molecule has 0 unspecified atom stereocenters. The van der Waals surface area contributed by atoms with Crippen LogP contribution in [-0.4, -0.2) is 30.4 Å². The molecule has 0 aliphatic rings. The summed E-state index contributed by atoms with van der Waals surface area (Å²) in [4.78, 5) is 22.0. The molecule has 1 aromatic heterocycles. The molecular formula is C21H32IN5OS. The van der Waals surface area contributed by atoms with Crippen LogP contribution >= 0.6 is 35.3 Å². The van der Waals surface area contributed by atoms with Gasteiger partial charge in [0.2, 0.25) is 5.91 Å². The van der Waals surface area contributed by atoms with Crippen LogP contribution in [0, 0.1) is 19.8 Å². The molecule has 8 heteroatoms. The highest BCUT2D eigenvalue weighted by molar-refractivity contribution is 14.0. The molecule has 2 rings (SSSR count). The van der Waals surface area contributed by atoms with Crippen molar-refractivity contribution in [1.29, 1.82) is 0 Å². The predicted molar refractivity (Wildman–Crippen MR) is 133 cm³/mol. The summed E-state index contributed by atoms with van der Waals surface area (Å²) in [7, 11) is 1.76. The fourth-order valence-corrected chi connectivity index (χ4v) is 3.62. The lowest BCUT2D eigenvalue weighted by Crippen LogP contribution is -2.37. The average Bonchev–Trinajstić information content (AvgIpc) is 2.95. The fraction of sp³-hybridized carbons (Fsp3) is 0.476. The maximum Gasteiger partial charge on any atom is 0.224 e. The standard InChI is InChI=1S/C21H31N5OS.HI/c1-14(2)11-19(27)26-18-8-6-7-17(12-18)13-24-21(22-5)23-10-9-20-25-15(3)16(4)28-20;/h6-8,12,14H,9-11,13H2,1-5H3,(H,26,27)(H2,22,23,24);1H. The van der Waals surface area contributed by atoms with Gasteiger partial charge in [0, 0.05) is 43.5 Å². The number of aliphatic imine (C=N–C) groups is 1. The minimum atomic E-state index is 0. The van der Waals surface area contributed by atoms with Gasteiger partial charge in [0.25, 0.3) is 0 Å². The second-order valence-corrected chi connectivity index (χ2v) is 8.49. The Hall–Kier alpha value is -1.68. The van der Waals surface area contributed by atoms with Gasteiger partial charge in [-0.1, -0.05) is 26.0 Å². The number of aryl methyl sites for hydroxylation is 2. The van der Waals surface area contributed by atoms with Crippen LogP contribution in [-0.2, 0) is 17.8 Å². The minimum absolute atomic E-state index is 0. The Balaban J connectivity index is 0.00000420. The Morgan fingerprint density at radius 1 is 1.24 bits per heavy atom. The lowest BCUT2D eigenvalue weighted by Gasteiger charge is -2.13. The SMILES string of the molecule is CN=C(NCCc1nc(C)c(C)s1)NCc1cccc(NC(=O)CC(C)C)c1.I. The van der Waals surface area contributed by atoms with Crippen LogP contribution in [0.4, 0.5) is 5.69 Å². The third-order valence-corrected chi connectivity index (χ3v) is 5.32. The van der Waals surface area contributed by atoms with Crippen LogP contribution in [0.25, 0.3) is 0 Å². The zero-order valence-electron chi connectivity index (χ0n) is 17.8. The number of hydrogen-bond acceptors (Lipinski definition) is 4. The summed E-state index contributed by atoms with van der Waals surface area (Å²) in [5.41, 5.74) is 3.02. The van der Waals surface area contributed by atoms with Crippen molar-refractivity contribution in [3.8, 4) is 0 Å². The number of carbonyl (C=O) groups is 1. The summed E-state index contributed by atoms with van der Waals surface area (Å²) >= 11 is 1.75. The third-order valence-electron chi connectivity index (χ3n) is 4.19. The largest absolute Gasteiger partial charge is 0.356 e. The van der Waals surface area contributed by atoms with E-state index in [9.17, 15) is 4.79 Å². The number of benzene rings is 1. The molecule has 0 saturated heterocycles. The smallest absolute Gasteiger partial charge is 0.224 e. The molecule has 0 atom stereocenters. The normalized spacial score (nSPS) is 11.2. The molecule has 0 fully saturated rings. The van der Waals surface area contributed by atoms with Crippen LogP contribution in [0.3, 0.4) is 0 Å². The zero-order valence-corrected chi connectivity index (χ0v) is 21.0. The molecule has 0 aliphatic heterocycles. The van der Waals surface area contributed by atoms with Gasteiger partial charge in [-0.25, -0.2) is 4.98 Å². The van der Waals surface area contributed by atoms with Gasteiger partial charge < -0.3 is 16.0 Å². The average molecular weight is 529 g/mol. The van der Waals surface area contributed by atoms with Crippen molar-refractivity contribution in [3.05, 3.63) is 45.4 Å². The summed E-state index contributed by atoms with van der Waals surface area (Å²) in [6.07, 6.45) is 1.40. The van der Waals surface area contributed by atoms with E-state index in [0.29, 0.717) is 18.9 Å². The maximum absolute atomic E-state index is 11.9. The quantitative estimate of drug-likeness (QED) is 0.271. The number of amides is 1. The molecule has 6 nitrogen and oxygen atoms in total. The van der Waals surface area contributed by atoms with Gasteiger partial charge in [0.05, 0.1) is 10.7 Å². The van der Waals surface area contributed by atoms with E-state index >= 15 is 0 Å². The first kappa shape index (κ1) is 25.4. The van der Waals surface area contributed by atoms with E-state index in [2.05, 4.69) is 32.9 Å². The molecule has 3 N–H and O–H groups in total. The van der Waals surface area contributed by atoms with E-state index in [-0.39, 0.29) is 29.9 Å². The predicted octanol–water partition coefficient (Wildman–Crippen LogP) is 4.27. The number of halogens is 1. The number of nitrogens with zero attached hydrogens (tertiary/aromatic N) is 2. The molecule has 0 bridgehead atoms. The summed E-state index contributed by atoms with van der Waals surface area (Å²) in [6, 6.07) is 7.87. The van der Waals surface area contributed by atoms with Crippen molar-refractivity contribution in [2.75, 3.05) is 18.9 Å². The first-order valence-electron chi connectivity index (χ1n) is 9.63. The highest BCUT2D eigenvalue weighted by atomic mass is 127. The van der Waals surface area contributed by atoms with Gasteiger partial charge in [-0.15, -0.1) is 35.3 Å². The Bertz CT molecular complexity index is 800. The molecule has 0 radical (unpaired) electrons. The topological polar surface area (TPSA) is 78.4 Å². The van der Waals surface area contributed by atoms with Gasteiger partial charge in [-0.3, -0.25) is 9.79 Å². The van der Waals surface area contributed by atoms with Gasteiger partial charge >= 0.3 is 0 Å². The van der Waals surface area contributed by atoms with Crippen molar-refractivity contribution < 1.29 is 4.79 Å². The van der Waals surface area contributed by atoms with Crippen molar-refractivity contribution in [1.82, 2.24) is 15.6 Å². The highest BCUT2D eigenvalue weighted by Crippen LogP contribution is 2.16. The summed E-state index contributed by atoms with van der Waals surface area (Å²) in [5, 5.41) is 10.7. The molecule has 0 saturated carbocycles. The van der Waals surface area contributed by atoms with Crippen LogP contribution in [0.5, 0.6) is 0 Å². The number of nitrogens with one attached hydrogen (secondary N) is 3. The van der Waals surface area contributed by atoms with Crippen LogP contribution < -0.4 is 16.0 Å². The van der Waals surface area contributed by atoms with E-state index in [4.69, 9.17) is 0 Å². The second kappa shape index (κ2) is 12.8. The van der Waals surface area contributed by atoms with Gasteiger partial charge in [-0.2, -0.15) is 0 Å². The number of hydrogen-bond donors (Lipinski definition) is 3. The monoisotopic (exact) mass is 529 g/mol. The number of thiazole rings is 1. The van der Waals surface area contributed by atoms with Crippen LogP contribution in [0.15, 0.2) is 29.3 Å². The van der Waals surface area contributed by atoms with E-state index in [1.165, 1.54) is 4.88 Å². The number of aromatic nitrogens is 1. The molecule has 1 aromatic carbocycles. The number of carbonyl (C=O) groups excluding carboxylic acids is 1. The molecule has 1 heterocycles. The summed E-state index contributed by atoms with van der Waals surface area (Å²) in [5.74, 6) is 1.14. The van der Waals surface area contributed by atoms with Crippen LogP contribution in [0.2, 0.25) is 0 Å². The van der Waals surface area contributed by atoms with E-state index in [0.717, 1.165) is 40.9 Å². The van der Waals surface area contributed by atoms with Crippen molar-refractivity contribution >= 4 is 52.9 Å². The number of guanidine groups is 1. The molecule has 0 spiro atoms. The Kier molecular flexibility index (Phi) is 11.2. The first-order valence-corrected chi connectivity index (χ1v) is 10.4. The molecule has 1 amide bonds. The van der Waals surface area contributed by atoms with E-state index in [1.54, 1.807) is 18.4 Å². The maximum atomic E-state index is 11.9. The fourth-order valence-electron chi connectivity index (χ4n) is 2.68. The molecule has 160 valence electrons. The minimum Gasteiger partial charge on any atom is -0.356 e. The van der Waals surface area contributed by atoms with Gasteiger partial charge in [0.1, 0.15) is 0 Å². The van der Waals surface area contributed by atoms with Gasteiger partial charge in [0.15, 0.2) is 5.96 Å². The zero-order chi connectivity index (χ0) is 20.5. The summed E-state index contributed by atoms with van der Waals surface area (Å²) < 4.78 is 0. The first-order chi connectivity index (χ1) is 13.4. The van der Waals surface area contributed by atoms with Crippen LogP contribution in [0.1, 0.15) is 41.4 Å². The molecular weight excluding hydrogens is 497 g/mol. The molecule has 29 heavy (non-hydrogen) atoms. The second-order valence-electron chi connectivity index (χ2n) is 7.20. The molecule has 2 aromatic rings. The summed E-state index contributed by atoms with van der Waals surface area (Å²) in [6.45, 7) is 9.62. The Labute approximate surface area is 195 Å². The lowest BCUT2D eigenvalue weighted by molar-refractivity contribution is -0.116.